The molecular weight excluding hydrogens is 482 g/mol. The third kappa shape index (κ3) is 6.20. The third-order valence-electron chi connectivity index (χ3n) is 5.55. The Morgan fingerprint density at radius 2 is 1.50 bits per heavy atom. The molecule has 0 aliphatic heterocycles. The minimum absolute atomic E-state index is 0.790. The monoisotopic (exact) mass is 511 g/mol. The molecule has 0 saturated carbocycles. The van der Waals surface area contributed by atoms with E-state index in [1.807, 2.05) is 35.0 Å². The smallest absolute Gasteiger partial charge is 0.213 e. The van der Waals surface area contributed by atoms with E-state index in [1.165, 1.54) is 44.9 Å². The summed E-state index contributed by atoms with van der Waals surface area (Å²) >= 11 is 5.07. The van der Waals surface area contributed by atoms with Gasteiger partial charge in [-0.2, -0.15) is 5.10 Å². The molecule has 32 heavy (non-hydrogen) atoms. The van der Waals surface area contributed by atoms with E-state index in [-0.39, 0.29) is 0 Å². The molecule has 0 fully saturated rings. The van der Waals surface area contributed by atoms with Crippen LogP contribution in [0.1, 0.15) is 58.3 Å². The van der Waals surface area contributed by atoms with Crippen molar-refractivity contribution in [3.8, 4) is 27.6 Å². The molecule has 0 N–H and O–H groups in total. The Morgan fingerprint density at radius 1 is 0.844 bits per heavy atom. The summed E-state index contributed by atoms with van der Waals surface area (Å²) in [7, 11) is 0. The minimum atomic E-state index is 0.790. The molecule has 2 aromatic heterocycles. The van der Waals surface area contributed by atoms with Crippen LogP contribution < -0.4 is 4.74 Å². The molecule has 0 spiro atoms. The van der Waals surface area contributed by atoms with Gasteiger partial charge in [0.05, 0.1) is 18.5 Å². The van der Waals surface area contributed by atoms with Crippen molar-refractivity contribution < 1.29 is 4.74 Å². The fourth-order valence-corrected chi connectivity index (χ4v) is 4.85. The van der Waals surface area contributed by atoms with Crippen LogP contribution in [0.5, 0.6) is 5.75 Å². The number of halogens is 1. The van der Waals surface area contributed by atoms with E-state index in [1.54, 1.807) is 11.3 Å². The van der Waals surface area contributed by atoms with Crippen molar-refractivity contribution >= 4 is 32.2 Å². The van der Waals surface area contributed by atoms with Crippen molar-refractivity contribution in [2.45, 2.75) is 58.3 Å². The van der Waals surface area contributed by atoms with Gasteiger partial charge in [0.2, 0.25) is 4.96 Å². The third-order valence-corrected chi connectivity index (χ3v) is 7.05. The van der Waals surface area contributed by atoms with Gasteiger partial charge in [0, 0.05) is 15.6 Å². The fourth-order valence-electron chi connectivity index (χ4n) is 3.70. The number of imidazole rings is 1. The van der Waals surface area contributed by atoms with Crippen molar-refractivity contribution in [3.63, 3.8) is 0 Å². The van der Waals surface area contributed by atoms with Crippen molar-refractivity contribution in [2.75, 3.05) is 6.61 Å². The lowest BCUT2D eigenvalue weighted by Gasteiger charge is -2.06. The van der Waals surface area contributed by atoms with E-state index in [9.17, 15) is 0 Å². The van der Waals surface area contributed by atoms with E-state index in [2.05, 4.69) is 47.1 Å². The Kier molecular flexibility index (Phi) is 8.35. The second-order valence-electron chi connectivity index (χ2n) is 8.12. The average Bonchev–Trinajstić information content (AvgIpc) is 3.38. The first kappa shape index (κ1) is 23.0. The largest absolute Gasteiger partial charge is 0.494 e. The van der Waals surface area contributed by atoms with Gasteiger partial charge in [-0.3, -0.25) is 0 Å². The number of hydrogen-bond acceptors (Lipinski definition) is 4. The number of fused-ring (bicyclic) bond motifs is 1. The van der Waals surface area contributed by atoms with Crippen molar-refractivity contribution in [1.29, 1.82) is 0 Å². The molecule has 0 aliphatic rings. The second kappa shape index (κ2) is 11.6. The topological polar surface area (TPSA) is 39.4 Å². The quantitative estimate of drug-likeness (QED) is 0.179. The van der Waals surface area contributed by atoms with Crippen LogP contribution in [-0.4, -0.2) is 21.2 Å². The molecule has 0 radical (unpaired) electrons. The zero-order valence-electron chi connectivity index (χ0n) is 18.6. The van der Waals surface area contributed by atoms with Gasteiger partial charge in [-0.15, -0.1) is 0 Å². The summed E-state index contributed by atoms with van der Waals surface area (Å²) in [5.41, 5.74) is 3.11. The molecule has 0 aliphatic carbocycles. The summed E-state index contributed by atoms with van der Waals surface area (Å²) < 4.78 is 8.85. The number of hydrogen-bond donors (Lipinski definition) is 0. The maximum Gasteiger partial charge on any atom is 0.213 e. The van der Waals surface area contributed by atoms with Crippen LogP contribution >= 0.6 is 27.3 Å². The van der Waals surface area contributed by atoms with Crippen molar-refractivity contribution in [2.24, 2.45) is 0 Å². The maximum atomic E-state index is 5.92. The van der Waals surface area contributed by atoms with Gasteiger partial charge in [-0.05, 0) is 42.8 Å². The highest BCUT2D eigenvalue weighted by Gasteiger charge is 2.11. The Balaban J connectivity index is 1.26. The van der Waals surface area contributed by atoms with Crippen LogP contribution in [0.3, 0.4) is 0 Å². The Labute approximate surface area is 202 Å². The highest BCUT2D eigenvalue weighted by atomic mass is 79.9. The molecule has 4 rings (SSSR count). The lowest BCUT2D eigenvalue weighted by molar-refractivity contribution is 0.304. The van der Waals surface area contributed by atoms with Crippen molar-refractivity contribution in [3.05, 3.63) is 59.2 Å². The van der Waals surface area contributed by atoms with Crippen LogP contribution in [0, 0.1) is 0 Å². The van der Waals surface area contributed by atoms with Crippen molar-refractivity contribution in [1.82, 2.24) is 14.6 Å². The van der Waals surface area contributed by atoms with Gasteiger partial charge >= 0.3 is 0 Å². The van der Waals surface area contributed by atoms with Crippen LogP contribution in [-0.2, 0) is 0 Å². The molecule has 0 bridgehead atoms. The molecule has 0 saturated heterocycles. The molecule has 4 nitrogen and oxygen atoms in total. The molecule has 4 aromatic rings. The highest BCUT2D eigenvalue weighted by Crippen LogP contribution is 2.29. The number of ether oxygens (including phenoxy) is 1. The number of rotatable bonds is 12. The van der Waals surface area contributed by atoms with Gasteiger partial charge < -0.3 is 4.74 Å². The average molecular weight is 513 g/mol. The van der Waals surface area contributed by atoms with Crippen LogP contribution in [0.4, 0.5) is 0 Å². The Hall–Kier alpha value is -2.18. The van der Waals surface area contributed by atoms with Crippen LogP contribution in [0.25, 0.3) is 26.8 Å². The standard InChI is InChI=1S/C26H30BrN3OS/c1-2-3-4-5-6-7-8-9-18-31-23-16-12-21(13-17-23)25-29-30-19-24(28-26(30)32-25)20-10-14-22(27)15-11-20/h10-17,19H,2-9,18H2,1H3. The predicted molar refractivity (Wildman–Crippen MR) is 138 cm³/mol. The number of aromatic nitrogens is 3. The molecule has 0 atom stereocenters. The second-order valence-corrected chi connectivity index (χ2v) is 9.99. The molecule has 0 unspecified atom stereocenters. The Morgan fingerprint density at radius 3 is 2.19 bits per heavy atom. The molecular formula is C26H30BrN3OS. The summed E-state index contributed by atoms with van der Waals surface area (Å²) in [6, 6.07) is 16.4. The lowest BCUT2D eigenvalue weighted by atomic mass is 10.1. The van der Waals surface area contributed by atoms with E-state index < -0.39 is 0 Å². The molecule has 0 amide bonds. The first-order valence-electron chi connectivity index (χ1n) is 11.6. The van der Waals surface area contributed by atoms with E-state index in [0.29, 0.717) is 0 Å². The number of unbranched alkanes of at least 4 members (excludes halogenated alkanes) is 7. The maximum absolute atomic E-state index is 5.92. The summed E-state index contributed by atoms with van der Waals surface area (Å²) in [6.45, 7) is 3.05. The number of benzene rings is 2. The van der Waals surface area contributed by atoms with Gasteiger partial charge in [-0.1, -0.05) is 91.3 Å². The molecule has 6 heteroatoms. The van der Waals surface area contributed by atoms with Gasteiger partial charge in [0.25, 0.3) is 0 Å². The van der Waals surface area contributed by atoms with Gasteiger partial charge in [0.15, 0.2) is 0 Å². The zero-order chi connectivity index (χ0) is 22.2. The van der Waals surface area contributed by atoms with Crippen LogP contribution in [0.15, 0.2) is 59.2 Å². The summed E-state index contributed by atoms with van der Waals surface area (Å²) in [6.07, 6.45) is 12.5. The summed E-state index contributed by atoms with van der Waals surface area (Å²) in [4.78, 5) is 5.64. The first-order valence-corrected chi connectivity index (χ1v) is 13.2. The molecule has 2 aromatic carbocycles. The van der Waals surface area contributed by atoms with E-state index in [0.717, 1.165) is 50.0 Å². The fraction of sp³-hybridized carbons (Fsp3) is 0.385. The van der Waals surface area contributed by atoms with Crippen LogP contribution in [0.2, 0.25) is 0 Å². The molecule has 2 heterocycles. The Bertz CT molecular complexity index is 1070. The zero-order valence-corrected chi connectivity index (χ0v) is 21.0. The lowest BCUT2D eigenvalue weighted by Crippen LogP contribution is -1.97. The van der Waals surface area contributed by atoms with E-state index in [4.69, 9.17) is 14.8 Å². The highest BCUT2D eigenvalue weighted by molar-refractivity contribution is 9.10. The normalized spacial score (nSPS) is 11.3. The van der Waals surface area contributed by atoms with E-state index >= 15 is 0 Å². The molecule has 168 valence electrons. The predicted octanol–water partition coefficient (Wildman–Crippen LogP) is 8.41. The number of nitrogens with zero attached hydrogens (tertiary/aromatic N) is 3. The first-order chi connectivity index (χ1) is 15.7. The SMILES string of the molecule is CCCCCCCCCCOc1ccc(-c2nn3cc(-c4ccc(Br)cc4)nc3s2)cc1. The minimum Gasteiger partial charge on any atom is -0.494 e. The summed E-state index contributed by atoms with van der Waals surface area (Å²) in [5, 5.41) is 5.68. The summed E-state index contributed by atoms with van der Waals surface area (Å²) in [5.74, 6) is 0.926. The van der Waals surface area contributed by atoms with Gasteiger partial charge in [-0.25, -0.2) is 9.50 Å². The van der Waals surface area contributed by atoms with Gasteiger partial charge in [0.1, 0.15) is 10.8 Å².